The van der Waals surface area contributed by atoms with E-state index in [4.69, 9.17) is 27.9 Å². The lowest BCUT2D eigenvalue weighted by Crippen LogP contribution is -2.14. The molecule has 2 aromatic rings. The van der Waals surface area contributed by atoms with Gasteiger partial charge in [-0.3, -0.25) is 4.72 Å². The predicted molar refractivity (Wildman–Crippen MR) is 78.1 cm³/mol. The van der Waals surface area contributed by atoms with Crippen molar-refractivity contribution in [1.82, 2.24) is 4.98 Å². The number of halogens is 2. The van der Waals surface area contributed by atoms with Gasteiger partial charge in [0.05, 0.1) is 12.0 Å². The molecular formula is C12H10Cl2N2O3S. The maximum atomic E-state index is 12.3. The van der Waals surface area contributed by atoms with E-state index in [1.807, 2.05) is 0 Å². The van der Waals surface area contributed by atoms with Crippen LogP contribution in [0.5, 0.6) is 5.88 Å². The van der Waals surface area contributed by atoms with Crippen LogP contribution in [0.4, 0.5) is 5.69 Å². The van der Waals surface area contributed by atoms with Crippen molar-refractivity contribution in [3.05, 3.63) is 46.6 Å². The average Bonchev–Trinajstić information content (AvgIpc) is 2.38. The van der Waals surface area contributed by atoms with E-state index in [1.54, 1.807) is 6.07 Å². The van der Waals surface area contributed by atoms with Crippen LogP contribution in [0.2, 0.25) is 10.0 Å². The van der Waals surface area contributed by atoms with Crippen molar-refractivity contribution >= 4 is 38.9 Å². The fourth-order valence-corrected chi connectivity index (χ4v) is 3.30. The monoisotopic (exact) mass is 332 g/mol. The Hall–Kier alpha value is -1.50. The van der Waals surface area contributed by atoms with Gasteiger partial charge in [0, 0.05) is 16.2 Å². The molecule has 1 aromatic heterocycles. The van der Waals surface area contributed by atoms with Crippen LogP contribution in [0.15, 0.2) is 41.4 Å². The van der Waals surface area contributed by atoms with E-state index in [9.17, 15) is 8.42 Å². The molecule has 0 aliphatic carbocycles. The zero-order valence-corrected chi connectivity index (χ0v) is 12.6. The lowest BCUT2D eigenvalue weighted by molar-refractivity contribution is 0.400. The number of hydrogen-bond donors (Lipinski definition) is 1. The molecule has 0 saturated carbocycles. The number of rotatable bonds is 4. The third-order valence-electron chi connectivity index (χ3n) is 2.36. The van der Waals surface area contributed by atoms with Crippen LogP contribution >= 0.6 is 23.2 Å². The third kappa shape index (κ3) is 3.33. The maximum absolute atomic E-state index is 12.3. The van der Waals surface area contributed by atoms with Gasteiger partial charge in [-0.25, -0.2) is 13.4 Å². The summed E-state index contributed by atoms with van der Waals surface area (Å²) >= 11 is 11.6. The van der Waals surface area contributed by atoms with Gasteiger partial charge < -0.3 is 4.74 Å². The van der Waals surface area contributed by atoms with Crippen molar-refractivity contribution in [1.29, 1.82) is 0 Å². The minimum absolute atomic E-state index is 0.0408. The first-order valence-corrected chi connectivity index (χ1v) is 7.64. The van der Waals surface area contributed by atoms with Crippen molar-refractivity contribution in [2.24, 2.45) is 0 Å². The topological polar surface area (TPSA) is 68.3 Å². The second-order valence-electron chi connectivity index (χ2n) is 3.77. The molecule has 20 heavy (non-hydrogen) atoms. The molecule has 1 heterocycles. The molecule has 0 fully saturated rings. The van der Waals surface area contributed by atoms with Gasteiger partial charge in [0.25, 0.3) is 10.0 Å². The molecular weight excluding hydrogens is 323 g/mol. The third-order valence-corrected chi connectivity index (χ3v) is 4.14. The Balaban J connectivity index is 2.41. The van der Waals surface area contributed by atoms with Crippen molar-refractivity contribution in [3.63, 3.8) is 0 Å². The highest BCUT2D eigenvalue weighted by Crippen LogP contribution is 2.27. The summed E-state index contributed by atoms with van der Waals surface area (Å²) in [5, 5.41) is 0.465. The summed E-state index contributed by atoms with van der Waals surface area (Å²) in [4.78, 5) is 3.87. The summed E-state index contributed by atoms with van der Waals surface area (Å²) in [5.74, 6) is 0.171. The molecule has 1 N–H and O–H groups in total. The van der Waals surface area contributed by atoms with Crippen LogP contribution < -0.4 is 9.46 Å². The first kappa shape index (κ1) is 14.9. The van der Waals surface area contributed by atoms with Gasteiger partial charge in [-0.05, 0) is 30.3 Å². The summed E-state index contributed by atoms with van der Waals surface area (Å²) in [6.45, 7) is 0. The molecule has 0 spiro atoms. The first-order valence-electron chi connectivity index (χ1n) is 5.40. The number of pyridine rings is 1. The lowest BCUT2D eigenvalue weighted by Gasteiger charge is -2.11. The molecule has 0 atom stereocenters. The molecule has 0 saturated heterocycles. The standard InChI is InChI=1S/C12H10Cl2N2O3S/c1-19-12-11(3-2-4-15-12)16-20(17,18)10-6-8(13)5-9(14)7-10/h2-7,16H,1H3. The molecule has 0 aliphatic rings. The molecule has 1 aromatic carbocycles. The van der Waals surface area contributed by atoms with E-state index in [1.165, 1.54) is 37.6 Å². The zero-order chi connectivity index (χ0) is 14.8. The summed E-state index contributed by atoms with van der Waals surface area (Å²) in [6.07, 6.45) is 1.49. The fraction of sp³-hybridized carbons (Fsp3) is 0.0833. The number of nitrogens with one attached hydrogen (secondary N) is 1. The van der Waals surface area contributed by atoms with Gasteiger partial charge in [-0.2, -0.15) is 0 Å². The first-order chi connectivity index (χ1) is 9.42. The highest BCUT2D eigenvalue weighted by molar-refractivity contribution is 7.92. The Morgan fingerprint density at radius 1 is 1.20 bits per heavy atom. The lowest BCUT2D eigenvalue weighted by atomic mass is 10.4. The van der Waals surface area contributed by atoms with Gasteiger partial charge in [-0.1, -0.05) is 23.2 Å². The van der Waals surface area contributed by atoms with E-state index in [0.29, 0.717) is 0 Å². The maximum Gasteiger partial charge on any atom is 0.262 e. The average molecular weight is 333 g/mol. The normalized spacial score (nSPS) is 11.2. The summed E-state index contributed by atoms with van der Waals surface area (Å²) < 4.78 is 31.9. The quantitative estimate of drug-likeness (QED) is 0.933. The highest BCUT2D eigenvalue weighted by atomic mass is 35.5. The Labute approximate surface area is 126 Å². The number of benzene rings is 1. The van der Waals surface area contributed by atoms with Crippen LogP contribution in [-0.2, 0) is 10.0 Å². The minimum atomic E-state index is -3.83. The Bertz CT molecular complexity index is 715. The van der Waals surface area contributed by atoms with Crippen molar-refractivity contribution < 1.29 is 13.2 Å². The zero-order valence-electron chi connectivity index (χ0n) is 10.3. The van der Waals surface area contributed by atoms with Gasteiger partial charge in [0.1, 0.15) is 5.69 Å². The van der Waals surface area contributed by atoms with Gasteiger partial charge >= 0.3 is 0 Å². The Morgan fingerprint density at radius 2 is 1.85 bits per heavy atom. The van der Waals surface area contributed by atoms with E-state index in [2.05, 4.69) is 9.71 Å². The number of hydrogen-bond acceptors (Lipinski definition) is 4. The van der Waals surface area contributed by atoms with Crippen LogP contribution in [0, 0.1) is 0 Å². The molecule has 0 unspecified atom stereocenters. The summed E-state index contributed by atoms with van der Waals surface area (Å²) in [5.41, 5.74) is 0.228. The largest absolute Gasteiger partial charge is 0.480 e. The fourth-order valence-electron chi connectivity index (χ4n) is 1.52. The van der Waals surface area contributed by atoms with Gasteiger partial charge in [-0.15, -0.1) is 0 Å². The predicted octanol–water partition coefficient (Wildman–Crippen LogP) is 3.20. The van der Waals surface area contributed by atoms with E-state index >= 15 is 0 Å². The Morgan fingerprint density at radius 3 is 2.45 bits per heavy atom. The van der Waals surface area contributed by atoms with Crippen LogP contribution in [0.3, 0.4) is 0 Å². The molecule has 5 nitrogen and oxygen atoms in total. The van der Waals surface area contributed by atoms with E-state index < -0.39 is 10.0 Å². The van der Waals surface area contributed by atoms with Crippen molar-refractivity contribution in [2.45, 2.75) is 4.90 Å². The SMILES string of the molecule is COc1ncccc1NS(=O)(=O)c1cc(Cl)cc(Cl)c1. The molecule has 8 heteroatoms. The van der Waals surface area contributed by atoms with Crippen LogP contribution in [-0.4, -0.2) is 20.5 Å². The molecule has 106 valence electrons. The molecule has 0 bridgehead atoms. The van der Waals surface area contributed by atoms with Gasteiger partial charge in [0.2, 0.25) is 5.88 Å². The second kappa shape index (κ2) is 5.87. The number of methoxy groups -OCH3 is 1. The second-order valence-corrected chi connectivity index (χ2v) is 6.33. The number of sulfonamides is 1. The summed E-state index contributed by atoms with van der Waals surface area (Å²) in [6, 6.07) is 7.19. The summed E-state index contributed by atoms with van der Waals surface area (Å²) in [7, 11) is -2.43. The molecule has 0 radical (unpaired) electrons. The van der Waals surface area contributed by atoms with Gasteiger partial charge in [0.15, 0.2) is 0 Å². The minimum Gasteiger partial charge on any atom is -0.480 e. The number of ether oxygens (including phenoxy) is 1. The molecule has 2 rings (SSSR count). The van der Waals surface area contributed by atoms with Crippen LogP contribution in [0.25, 0.3) is 0 Å². The van der Waals surface area contributed by atoms with E-state index in [0.717, 1.165) is 0 Å². The van der Waals surface area contributed by atoms with Crippen molar-refractivity contribution in [2.75, 3.05) is 11.8 Å². The van der Waals surface area contributed by atoms with Crippen LogP contribution in [0.1, 0.15) is 0 Å². The molecule has 0 aliphatic heterocycles. The Kier molecular flexibility index (Phi) is 4.37. The number of anilines is 1. The highest BCUT2D eigenvalue weighted by Gasteiger charge is 2.18. The number of nitrogens with zero attached hydrogens (tertiary/aromatic N) is 1. The molecule has 0 amide bonds. The number of aromatic nitrogens is 1. The van der Waals surface area contributed by atoms with E-state index in [-0.39, 0.29) is 26.5 Å². The smallest absolute Gasteiger partial charge is 0.262 e. The van der Waals surface area contributed by atoms with Crippen molar-refractivity contribution in [3.8, 4) is 5.88 Å².